The van der Waals surface area contributed by atoms with Crippen molar-refractivity contribution in [1.82, 2.24) is 0 Å². The molecule has 144 valence electrons. The highest BCUT2D eigenvalue weighted by atomic mass is 16.5. The van der Waals surface area contributed by atoms with E-state index < -0.39 is 0 Å². The molecule has 4 rings (SSSR count). The van der Waals surface area contributed by atoms with Gasteiger partial charge in [0.05, 0.1) is 11.4 Å². The summed E-state index contributed by atoms with van der Waals surface area (Å²) in [5, 5.41) is 7.45. The van der Waals surface area contributed by atoms with Gasteiger partial charge in [0, 0.05) is 12.1 Å². The van der Waals surface area contributed by atoms with E-state index in [1.54, 1.807) is 0 Å². The van der Waals surface area contributed by atoms with Crippen molar-refractivity contribution in [2.45, 2.75) is 76.3 Å². The maximum atomic E-state index is 6.40. The van der Waals surface area contributed by atoms with Crippen molar-refractivity contribution >= 4 is 11.4 Å². The second kappa shape index (κ2) is 9.16. The molecular weight excluding hydrogens is 332 g/mol. The van der Waals surface area contributed by atoms with Crippen molar-refractivity contribution in [3.8, 4) is 11.5 Å². The molecule has 2 aromatic rings. The fraction of sp³-hybridized carbons (Fsp3) is 0.500. The molecule has 3 heteroatoms. The zero-order valence-corrected chi connectivity index (χ0v) is 16.3. The van der Waals surface area contributed by atoms with Gasteiger partial charge in [-0.15, -0.1) is 0 Å². The van der Waals surface area contributed by atoms with Gasteiger partial charge in [-0.2, -0.15) is 0 Å². The Labute approximate surface area is 163 Å². The molecule has 2 aromatic carbocycles. The van der Waals surface area contributed by atoms with Crippen LogP contribution in [-0.4, -0.2) is 12.1 Å². The third kappa shape index (κ3) is 4.97. The van der Waals surface area contributed by atoms with Gasteiger partial charge in [-0.1, -0.05) is 62.8 Å². The Hall–Kier alpha value is -2.16. The summed E-state index contributed by atoms with van der Waals surface area (Å²) in [6.45, 7) is 0. The molecule has 2 fully saturated rings. The molecule has 0 aliphatic heterocycles. The maximum absolute atomic E-state index is 6.40. The summed E-state index contributed by atoms with van der Waals surface area (Å²) in [7, 11) is 0. The van der Waals surface area contributed by atoms with Gasteiger partial charge < -0.3 is 15.4 Å². The molecule has 0 radical (unpaired) electrons. The topological polar surface area (TPSA) is 33.3 Å². The minimum absolute atomic E-state index is 0.569. The third-order valence-electron chi connectivity index (χ3n) is 5.92. The predicted molar refractivity (Wildman–Crippen MR) is 114 cm³/mol. The fourth-order valence-corrected chi connectivity index (χ4v) is 4.40. The van der Waals surface area contributed by atoms with Crippen LogP contribution in [0.3, 0.4) is 0 Å². The van der Waals surface area contributed by atoms with Crippen molar-refractivity contribution in [3.05, 3.63) is 48.5 Å². The summed E-state index contributed by atoms with van der Waals surface area (Å²) in [6, 6.07) is 17.8. The lowest BCUT2D eigenvalue weighted by Gasteiger charge is -2.26. The average molecular weight is 365 g/mol. The number of anilines is 2. The van der Waals surface area contributed by atoms with E-state index in [9.17, 15) is 0 Å². The van der Waals surface area contributed by atoms with E-state index in [0.717, 1.165) is 22.9 Å². The van der Waals surface area contributed by atoms with Crippen molar-refractivity contribution in [1.29, 1.82) is 0 Å². The highest BCUT2D eigenvalue weighted by Gasteiger charge is 2.17. The third-order valence-corrected chi connectivity index (χ3v) is 5.92. The van der Waals surface area contributed by atoms with E-state index in [-0.39, 0.29) is 0 Å². The Balaban J connectivity index is 1.49. The summed E-state index contributed by atoms with van der Waals surface area (Å²) >= 11 is 0. The Morgan fingerprint density at radius 2 is 0.963 bits per heavy atom. The molecule has 3 nitrogen and oxygen atoms in total. The summed E-state index contributed by atoms with van der Waals surface area (Å²) in [5.74, 6) is 1.84. The number of rotatable bonds is 6. The van der Waals surface area contributed by atoms with E-state index in [0.29, 0.717) is 12.1 Å². The van der Waals surface area contributed by atoms with E-state index in [4.69, 9.17) is 4.74 Å². The SMILES string of the molecule is c1ccc(Oc2ccccc2NC2CCCCC2)c(NC2CCCCC2)c1. The van der Waals surface area contributed by atoms with Gasteiger partial charge in [-0.3, -0.25) is 0 Å². The highest BCUT2D eigenvalue weighted by Crippen LogP contribution is 2.36. The molecular formula is C24H32N2O. The van der Waals surface area contributed by atoms with Crippen LogP contribution in [0.25, 0.3) is 0 Å². The van der Waals surface area contributed by atoms with Gasteiger partial charge in [0.1, 0.15) is 0 Å². The molecule has 0 saturated heterocycles. The Morgan fingerprint density at radius 3 is 1.41 bits per heavy atom. The van der Waals surface area contributed by atoms with E-state index in [1.807, 2.05) is 0 Å². The van der Waals surface area contributed by atoms with Crippen LogP contribution in [0.2, 0.25) is 0 Å². The zero-order valence-electron chi connectivity index (χ0n) is 16.3. The predicted octanol–water partition coefficient (Wildman–Crippen LogP) is 6.97. The summed E-state index contributed by atoms with van der Waals surface area (Å²) in [4.78, 5) is 0. The van der Waals surface area contributed by atoms with Gasteiger partial charge in [0.25, 0.3) is 0 Å². The lowest BCUT2D eigenvalue weighted by atomic mass is 9.95. The van der Waals surface area contributed by atoms with Gasteiger partial charge in [-0.05, 0) is 49.9 Å². The largest absolute Gasteiger partial charge is 0.453 e. The first kappa shape index (κ1) is 18.2. The molecule has 0 unspecified atom stereocenters. The molecule has 2 saturated carbocycles. The standard InChI is InChI=1S/C24H32N2O/c1-3-11-19(12-4-1)25-21-15-7-9-17-23(21)27-24-18-10-8-16-22(24)26-20-13-5-2-6-14-20/h7-10,15-20,25-26H,1-6,11-14H2. The van der Waals surface area contributed by atoms with Gasteiger partial charge >= 0.3 is 0 Å². The summed E-state index contributed by atoms with van der Waals surface area (Å²) in [6.07, 6.45) is 13.1. The molecule has 0 atom stereocenters. The van der Waals surface area contributed by atoms with Crippen LogP contribution in [0.15, 0.2) is 48.5 Å². The number of hydrogen-bond acceptors (Lipinski definition) is 3. The van der Waals surface area contributed by atoms with E-state index in [2.05, 4.69) is 59.2 Å². The minimum Gasteiger partial charge on any atom is -0.453 e. The minimum atomic E-state index is 0.569. The molecule has 2 aliphatic carbocycles. The van der Waals surface area contributed by atoms with E-state index in [1.165, 1.54) is 64.2 Å². The number of nitrogens with one attached hydrogen (secondary N) is 2. The maximum Gasteiger partial charge on any atom is 0.150 e. The van der Waals surface area contributed by atoms with Crippen LogP contribution in [-0.2, 0) is 0 Å². The fourth-order valence-electron chi connectivity index (χ4n) is 4.40. The van der Waals surface area contributed by atoms with E-state index >= 15 is 0 Å². The molecule has 0 heterocycles. The highest BCUT2D eigenvalue weighted by molar-refractivity contribution is 5.62. The van der Waals surface area contributed by atoms with Crippen molar-refractivity contribution in [2.75, 3.05) is 10.6 Å². The van der Waals surface area contributed by atoms with Crippen LogP contribution in [0.1, 0.15) is 64.2 Å². The zero-order chi connectivity index (χ0) is 18.3. The summed E-state index contributed by atoms with van der Waals surface area (Å²) < 4.78 is 6.40. The Morgan fingerprint density at radius 1 is 0.556 bits per heavy atom. The summed E-state index contributed by atoms with van der Waals surface area (Å²) in [5.41, 5.74) is 2.22. The van der Waals surface area contributed by atoms with Crippen LogP contribution in [0, 0.1) is 0 Å². The van der Waals surface area contributed by atoms with Crippen LogP contribution in [0.5, 0.6) is 11.5 Å². The average Bonchev–Trinajstić information content (AvgIpc) is 2.72. The normalized spacial score (nSPS) is 18.8. The van der Waals surface area contributed by atoms with Crippen molar-refractivity contribution in [2.24, 2.45) is 0 Å². The smallest absolute Gasteiger partial charge is 0.150 e. The Bertz CT molecular complexity index is 656. The second-order valence-electron chi connectivity index (χ2n) is 8.05. The molecule has 27 heavy (non-hydrogen) atoms. The molecule has 0 bridgehead atoms. The number of ether oxygens (including phenoxy) is 1. The molecule has 0 spiro atoms. The monoisotopic (exact) mass is 364 g/mol. The quantitative estimate of drug-likeness (QED) is 0.581. The number of benzene rings is 2. The van der Waals surface area contributed by atoms with Gasteiger partial charge in [0.2, 0.25) is 0 Å². The van der Waals surface area contributed by atoms with Crippen LogP contribution in [0.4, 0.5) is 11.4 Å². The van der Waals surface area contributed by atoms with Gasteiger partial charge in [0.15, 0.2) is 11.5 Å². The Kier molecular flexibility index (Phi) is 6.18. The number of para-hydroxylation sites is 4. The molecule has 2 N–H and O–H groups in total. The van der Waals surface area contributed by atoms with Crippen LogP contribution < -0.4 is 15.4 Å². The first-order valence-corrected chi connectivity index (χ1v) is 10.8. The van der Waals surface area contributed by atoms with Gasteiger partial charge in [-0.25, -0.2) is 0 Å². The number of hydrogen-bond donors (Lipinski definition) is 2. The lowest BCUT2D eigenvalue weighted by Crippen LogP contribution is -2.23. The molecule has 0 aromatic heterocycles. The van der Waals surface area contributed by atoms with Crippen molar-refractivity contribution < 1.29 is 4.74 Å². The first-order chi connectivity index (χ1) is 13.4. The van der Waals surface area contributed by atoms with Crippen LogP contribution >= 0.6 is 0 Å². The lowest BCUT2D eigenvalue weighted by molar-refractivity contribution is 0.451. The molecule has 2 aliphatic rings. The first-order valence-electron chi connectivity index (χ1n) is 10.8. The van der Waals surface area contributed by atoms with Crippen molar-refractivity contribution in [3.63, 3.8) is 0 Å². The molecule has 0 amide bonds. The second-order valence-corrected chi connectivity index (χ2v) is 8.05.